The molecule has 1 aliphatic carbocycles. The first-order valence-electron chi connectivity index (χ1n) is 10.0. The van der Waals surface area contributed by atoms with Crippen LogP contribution in [0.2, 0.25) is 0 Å². The van der Waals surface area contributed by atoms with E-state index in [2.05, 4.69) is 11.4 Å². The van der Waals surface area contributed by atoms with Crippen molar-refractivity contribution >= 4 is 17.6 Å². The van der Waals surface area contributed by atoms with E-state index in [9.17, 15) is 19.7 Å². The summed E-state index contributed by atoms with van der Waals surface area (Å²) in [7, 11) is 1.34. The van der Waals surface area contributed by atoms with Crippen molar-refractivity contribution in [1.82, 2.24) is 5.32 Å². The first-order chi connectivity index (χ1) is 14.4. The molecule has 1 aromatic carbocycles. The number of hydrogen-bond donors (Lipinski definition) is 1. The van der Waals surface area contributed by atoms with Crippen LogP contribution in [0.25, 0.3) is 0 Å². The van der Waals surface area contributed by atoms with Gasteiger partial charge in [-0.15, -0.1) is 0 Å². The van der Waals surface area contributed by atoms with Crippen molar-refractivity contribution < 1.29 is 28.7 Å². The Balaban J connectivity index is 2.04. The molecule has 1 aromatic rings. The molecule has 0 saturated heterocycles. The number of methoxy groups -OCH3 is 1. The number of carbonyl (C=O) groups excluding carboxylic acids is 2. The van der Waals surface area contributed by atoms with Crippen LogP contribution < -0.4 is 14.8 Å². The second-order valence-corrected chi connectivity index (χ2v) is 6.91. The quantitative estimate of drug-likeness (QED) is 0.266. The largest absolute Gasteiger partial charge is 0.493 e. The Morgan fingerprint density at radius 1 is 1.27 bits per heavy atom. The molecule has 0 aromatic heterocycles. The number of allylic oxidation sites excluding steroid dienone is 1. The normalized spacial score (nSPS) is 14.3. The van der Waals surface area contributed by atoms with Crippen LogP contribution in [0.3, 0.4) is 0 Å². The van der Waals surface area contributed by atoms with Crippen molar-refractivity contribution in [3.63, 3.8) is 0 Å². The maximum Gasteiger partial charge on any atom is 0.346 e. The lowest BCUT2D eigenvalue weighted by Gasteiger charge is -2.16. The second kappa shape index (κ2) is 11.2. The number of rotatable bonds is 10. The van der Waals surface area contributed by atoms with E-state index in [1.807, 2.05) is 0 Å². The predicted molar refractivity (Wildman–Crippen MR) is 110 cm³/mol. The monoisotopic (exact) mass is 420 g/mol. The van der Waals surface area contributed by atoms with Crippen LogP contribution in [0, 0.1) is 10.1 Å². The molecule has 1 aliphatic rings. The van der Waals surface area contributed by atoms with E-state index in [-0.39, 0.29) is 23.7 Å². The molecule has 1 atom stereocenters. The lowest BCUT2D eigenvalue weighted by Crippen LogP contribution is -2.36. The van der Waals surface area contributed by atoms with Crippen LogP contribution in [0.5, 0.6) is 11.5 Å². The highest BCUT2D eigenvalue weighted by Crippen LogP contribution is 2.35. The zero-order chi connectivity index (χ0) is 22.1. The van der Waals surface area contributed by atoms with Crippen molar-refractivity contribution in [3.8, 4) is 11.5 Å². The van der Waals surface area contributed by atoms with Gasteiger partial charge in [-0.1, -0.05) is 11.6 Å². The van der Waals surface area contributed by atoms with E-state index < -0.39 is 28.6 Å². The first kappa shape index (κ1) is 23.2. The average Bonchev–Trinajstić information content (AvgIpc) is 2.74. The standard InChI is InChI=1S/C21H28N2O7/c1-4-29-19-12-16(17(23(26)27)13-18(19)28-3)21(25)30-14(2)20(24)22-11-10-15-8-6-5-7-9-15/h8,12-14H,4-7,9-11H2,1-3H3,(H,22,24)/t14-/m0/s1. The molecule has 1 amide bonds. The van der Waals surface area contributed by atoms with Gasteiger partial charge in [-0.05, 0) is 46.0 Å². The summed E-state index contributed by atoms with van der Waals surface area (Å²) in [6.07, 6.45) is 6.34. The SMILES string of the molecule is CCOc1cc(C(=O)O[C@@H](C)C(=O)NCCC2=CCCCC2)c([N+](=O)[O-])cc1OC. The molecule has 0 fully saturated rings. The summed E-state index contributed by atoms with van der Waals surface area (Å²) >= 11 is 0. The smallest absolute Gasteiger partial charge is 0.346 e. The van der Waals surface area contributed by atoms with Crippen molar-refractivity contribution in [2.75, 3.05) is 20.3 Å². The third-order valence-corrected chi connectivity index (χ3v) is 4.78. The van der Waals surface area contributed by atoms with Gasteiger partial charge >= 0.3 is 5.97 Å². The second-order valence-electron chi connectivity index (χ2n) is 6.91. The molecule has 2 rings (SSSR count). The highest BCUT2D eigenvalue weighted by Gasteiger charge is 2.28. The number of nitrogens with zero attached hydrogens (tertiary/aromatic N) is 1. The summed E-state index contributed by atoms with van der Waals surface area (Å²) < 4.78 is 15.6. The highest BCUT2D eigenvalue weighted by molar-refractivity contribution is 5.96. The number of nitrogens with one attached hydrogen (secondary N) is 1. The lowest BCUT2D eigenvalue weighted by atomic mass is 9.97. The zero-order valence-electron chi connectivity index (χ0n) is 17.6. The zero-order valence-corrected chi connectivity index (χ0v) is 17.6. The fraction of sp³-hybridized carbons (Fsp3) is 0.524. The van der Waals surface area contributed by atoms with E-state index in [1.165, 1.54) is 32.1 Å². The van der Waals surface area contributed by atoms with Gasteiger partial charge in [-0.2, -0.15) is 0 Å². The van der Waals surface area contributed by atoms with Crippen molar-refractivity contribution in [1.29, 1.82) is 0 Å². The lowest BCUT2D eigenvalue weighted by molar-refractivity contribution is -0.385. The summed E-state index contributed by atoms with van der Waals surface area (Å²) in [4.78, 5) is 35.5. The Labute approximate surface area is 175 Å². The Hall–Kier alpha value is -3.10. The summed E-state index contributed by atoms with van der Waals surface area (Å²) in [6.45, 7) is 3.88. The summed E-state index contributed by atoms with van der Waals surface area (Å²) in [5, 5.41) is 14.1. The van der Waals surface area contributed by atoms with Crippen LogP contribution in [0.1, 0.15) is 56.3 Å². The summed E-state index contributed by atoms with van der Waals surface area (Å²) in [5.74, 6) is -1.14. The molecule has 164 valence electrons. The molecule has 30 heavy (non-hydrogen) atoms. The molecule has 0 radical (unpaired) electrons. The Kier molecular flexibility index (Phi) is 8.64. The number of amides is 1. The van der Waals surface area contributed by atoms with Gasteiger partial charge in [0.05, 0.1) is 24.7 Å². The minimum Gasteiger partial charge on any atom is -0.493 e. The van der Waals surface area contributed by atoms with Gasteiger partial charge in [0, 0.05) is 12.6 Å². The third-order valence-electron chi connectivity index (χ3n) is 4.78. The van der Waals surface area contributed by atoms with Crippen molar-refractivity contribution in [2.45, 2.75) is 52.1 Å². The molecule has 0 saturated carbocycles. The third kappa shape index (κ3) is 6.20. The van der Waals surface area contributed by atoms with Gasteiger partial charge in [0.1, 0.15) is 5.56 Å². The molecule has 9 nitrogen and oxygen atoms in total. The van der Waals surface area contributed by atoms with Crippen LogP contribution in [-0.4, -0.2) is 43.2 Å². The first-order valence-corrected chi connectivity index (χ1v) is 10.0. The van der Waals surface area contributed by atoms with Crippen molar-refractivity contribution in [3.05, 3.63) is 39.5 Å². The Morgan fingerprint density at radius 2 is 2.03 bits per heavy atom. The number of nitro groups is 1. The Morgan fingerprint density at radius 3 is 2.63 bits per heavy atom. The molecule has 0 spiro atoms. The number of ether oxygens (including phenoxy) is 3. The van der Waals surface area contributed by atoms with Gasteiger partial charge in [0.25, 0.3) is 11.6 Å². The van der Waals surface area contributed by atoms with Crippen molar-refractivity contribution in [2.24, 2.45) is 0 Å². The summed E-state index contributed by atoms with van der Waals surface area (Å²) in [6, 6.07) is 2.30. The van der Waals surface area contributed by atoms with Crippen LogP contribution >= 0.6 is 0 Å². The molecule has 0 bridgehead atoms. The van der Waals surface area contributed by atoms with Crippen LogP contribution in [0.15, 0.2) is 23.8 Å². The molecular weight excluding hydrogens is 392 g/mol. The molecule has 0 heterocycles. The van der Waals surface area contributed by atoms with E-state index in [0.717, 1.165) is 31.7 Å². The van der Waals surface area contributed by atoms with E-state index in [4.69, 9.17) is 14.2 Å². The number of esters is 1. The fourth-order valence-corrected chi connectivity index (χ4v) is 3.19. The van der Waals surface area contributed by atoms with Gasteiger partial charge in [0.15, 0.2) is 17.6 Å². The minimum absolute atomic E-state index is 0.128. The average molecular weight is 420 g/mol. The van der Waals surface area contributed by atoms with Crippen LogP contribution in [0.4, 0.5) is 5.69 Å². The number of benzene rings is 1. The Bertz CT molecular complexity index is 820. The highest BCUT2D eigenvalue weighted by atomic mass is 16.6. The fourth-order valence-electron chi connectivity index (χ4n) is 3.19. The number of carbonyl (C=O) groups is 2. The van der Waals surface area contributed by atoms with E-state index >= 15 is 0 Å². The topological polar surface area (TPSA) is 117 Å². The molecule has 9 heteroatoms. The van der Waals surface area contributed by atoms with Gasteiger partial charge in [-0.3, -0.25) is 14.9 Å². The molecule has 1 N–H and O–H groups in total. The molecule has 0 aliphatic heterocycles. The van der Waals surface area contributed by atoms with E-state index in [1.54, 1.807) is 6.92 Å². The van der Waals surface area contributed by atoms with Gasteiger partial charge in [-0.25, -0.2) is 4.79 Å². The van der Waals surface area contributed by atoms with E-state index in [0.29, 0.717) is 6.54 Å². The van der Waals surface area contributed by atoms with Gasteiger partial charge in [0.2, 0.25) is 0 Å². The number of nitro benzene ring substituents is 1. The number of hydrogen-bond acceptors (Lipinski definition) is 7. The van der Waals surface area contributed by atoms with Crippen LogP contribution in [-0.2, 0) is 9.53 Å². The summed E-state index contributed by atoms with van der Waals surface area (Å²) in [5.41, 5.74) is 0.525. The van der Waals surface area contributed by atoms with Gasteiger partial charge < -0.3 is 19.5 Å². The minimum atomic E-state index is -1.10. The predicted octanol–water partition coefficient (Wildman–Crippen LogP) is 3.55. The maximum atomic E-state index is 12.5. The molecule has 0 unspecified atom stereocenters. The molecular formula is C21H28N2O7. The maximum absolute atomic E-state index is 12.5.